The van der Waals surface area contributed by atoms with Gasteiger partial charge in [0, 0.05) is 25.7 Å². The lowest BCUT2D eigenvalue weighted by Crippen LogP contribution is -2.30. The van der Waals surface area contributed by atoms with E-state index in [1.165, 1.54) is 238 Å². The maximum Gasteiger partial charge on any atom is 0.472 e. The molecule has 0 fully saturated rings. The van der Waals surface area contributed by atoms with E-state index in [0.717, 1.165) is 114 Å². The lowest BCUT2D eigenvalue weighted by atomic mass is 10.00. The second-order valence-electron chi connectivity index (χ2n) is 31.1. The van der Waals surface area contributed by atoms with Crippen LogP contribution in [0.1, 0.15) is 434 Å². The minimum absolute atomic E-state index is 0.106. The number of hydrogen-bond donors (Lipinski definition) is 3. The van der Waals surface area contributed by atoms with Gasteiger partial charge < -0.3 is 33.8 Å². The molecule has 0 aromatic rings. The molecule has 19 heteroatoms. The number of phosphoric ester groups is 2. The summed E-state index contributed by atoms with van der Waals surface area (Å²) in [4.78, 5) is 73.1. The highest BCUT2D eigenvalue weighted by Gasteiger charge is 2.30. The van der Waals surface area contributed by atoms with Crippen molar-refractivity contribution in [2.24, 2.45) is 17.8 Å². The Bertz CT molecular complexity index is 1980. The van der Waals surface area contributed by atoms with Crippen molar-refractivity contribution in [1.29, 1.82) is 0 Å². The van der Waals surface area contributed by atoms with Crippen LogP contribution in [-0.4, -0.2) is 96.7 Å². The molecular formula is C83H162O17P2. The van der Waals surface area contributed by atoms with Gasteiger partial charge in [0.05, 0.1) is 26.4 Å². The van der Waals surface area contributed by atoms with Gasteiger partial charge in [-0.1, -0.05) is 382 Å². The number of unbranched alkanes of at least 4 members (excludes halogenated alkanes) is 48. The highest BCUT2D eigenvalue weighted by Crippen LogP contribution is 2.45. The van der Waals surface area contributed by atoms with Crippen LogP contribution >= 0.6 is 15.6 Å². The summed E-state index contributed by atoms with van der Waals surface area (Å²) in [6.45, 7) is 11.9. The van der Waals surface area contributed by atoms with Gasteiger partial charge in [-0.05, 0) is 43.4 Å². The van der Waals surface area contributed by atoms with Gasteiger partial charge in [0.2, 0.25) is 0 Å². The molecule has 102 heavy (non-hydrogen) atoms. The lowest BCUT2D eigenvalue weighted by Gasteiger charge is -2.21. The van der Waals surface area contributed by atoms with Gasteiger partial charge in [-0.2, -0.15) is 0 Å². The first-order valence-electron chi connectivity index (χ1n) is 42.9. The molecule has 3 unspecified atom stereocenters. The van der Waals surface area contributed by atoms with E-state index in [2.05, 4.69) is 48.5 Å². The minimum atomic E-state index is -4.96. The Labute approximate surface area is 626 Å². The Balaban J connectivity index is 5.24. The Morgan fingerprint density at radius 2 is 0.500 bits per heavy atom. The third-order valence-electron chi connectivity index (χ3n) is 19.7. The van der Waals surface area contributed by atoms with Gasteiger partial charge in [0.25, 0.3) is 0 Å². The standard InChI is InChI=1S/C83H162O17P2/c1-8-10-11-12-13-14-15-16-17-18-19-20-21-22-27-33-38-43-52-59-66-82(87)99-78(70-93-80(85)64-57-50-42-37-32-26-24-23-25-30-35-40-47-54-61-74(3)4)72-97-101(89,90)95-68-77(84)69-96-102(91,92)98-73-79(71-94-81(86)65-58-51-46-45-49-56-63-76(7)9-2)100-83(88)67-60-53-44-39-34-29-28-31-36-41-48-55-62-75(5)6/h74-79,84H,8-73H2,1-7H3,(H,89,90)(H,91,92)/t76?,77-,78-,79-/m1/s1. The summed E-state index contributed by atoms with van der Waals surface area (Å²) in [6, 6.07) is 0. The second-order valence-corrected chi connectivity index (χ2v) is 34.0. The fraction of sp³-hybridized carbons (Fsp3) is 0.952. The molecule has 0 aromatic carbocycles. The van der Waals surface area contributed by atoms with Crippen LogP contribution in [0.15, 0.2) is 0 Å². The van der Waals surface area contributed by atoms with E-state index < -0.39 is 97.5 Å². The third-order valence-corrected chi connectivity index (χ3v) is 21.6. The highest BCUT2D eigenvalue weighted by atomic mass is 31.2. The lowest BCUT2D eigenvalue weighted by molar-refractivity contribution is -0.161. The van der Waals surface area contributed by atoms with Crippen molar-refractivity contribution < 1.29 is 80.2 Å². The Hall–Kier alpha value is -1.94. The molecule has 6 atom stereocenters. The van der Waals surface area contributed by atoms with E-state index in [4.69, 9.17) is 37.0 Å². The van der Waals surface area contributed by atoms with Crippen LogP contribution in [0.5, 0.6) is 0 Å². The molecule has 0 heterocycles. The number of esters is 4. The molecule has 0 rings (SSSR count). The van der Waals surface area contributed by atoms with Crippen molar-refractivity contribution in [2.45, 2.75) is 452 Å². The average Bonchev–Trinajstić information content (AvgIpc) is 0.950. The van der Waals surface area contributed by atoms with Gasteiger partial charge in [-0.15, -0.1) is 0 Å². The van der Waals surface area contributed by atoms with Crippen LogP contribution < -0.4 is 0 Å². The molecule has 0 spiro atoms. The van der Waals surface area contributed by atoms with Crippen LogP contribution in [0.25, 0.3) is 0 Å². The van der Waals surface area contributed by atoms with Gasteiger partial charge in [-0.3, -0.25) is 37.3 Å². The number of aliphatic hydroxyl groups excluding tert-OH is 1. The molecule has 0 radical (unpaired) electrons. The number of hydrogen-bond acceptors (Lipinski definition) is 15. The monoisotopic (exact) mass is 1490 g/mol. The third kappa shape index (κ3) is 74.9. The minimum Gasteiger partial charge on any atom is -0.462 e. The summed E-state index contributed by atoms with van der Waals surface area (Å²) in [5.41, 5.74) is 0. The Morgan fingerprint density at radius 3 is 0.745 bits per heavy atom. The van der Waals surface area contributed by atoms with Crippen LogP contribution in [0.2, 0.25) is 0 Å². The molecule has 0 bridgehead atoms. The smallest absolute Gasteiger partial charge is 0.462 e. The van der Waals surface area contributed by atoms with E-state index in [1.54, 1.807) is 0 Å². The Kier molecular flexibility index (Phi) is 71.8. The molecule has 3 N–H and O–H groups in total. The van der Waals surface area contributed by atoms with E-state index in [1.807, 2.05) is 0 Å². The summed E-state index contributed by atoms with van der Waals surface area (Å²) in [5.74, 6) is 0.197. The predicted molar refractivity (Wildman–Crippen MR) is 418 cm³/mol. The molecule has 0 aliphatic heterocycles. The number of ether oxygens (including phenoxy) is 4. The maximum atomic E-state index is 13.1. The molecule has 17 nitrogen and oxygen atoms in total. The Morgan fingerprint density at radius 1 is 0.284 bits per heavy atom. The number of carbonyl (C=O) groups excluding carboxylic acids is 4. The molecule has 606 valence electrons. The van der Waals surface area contributed by atoms with Gasteiger partial charge in [-0.25, -0.2) is 9.13 Å². The molecular weight excluding hydrogens is 1330 g/mol. The summed E-state index contributed by atoms with van der Waals surface area (Å²) in [6.07, 6.45) is 62.5. The number of carbonyl (C=O) groups is 4. The van der Waals surface area contributed by atoms with E-state index >= 15 is 0 Å². The molecule has 0 saturated carbocycles. The second kappa shape index (κ2) is 73.2. The summed E-state index contributed by atoms with van der Waals surface area (Å²) in [7, 11) is -9.92. The van der Waals surface area contributed by atoms with E-state index in [-0.39, 0.29) is 25.7 Å². The van der Waals surface area contributed by atoms with Gasteiger partial charge in [0.1, 0.15) is 19.3 Å². The fourth-order valence-electron chi connectivity index (χ4n) is 12.8. The average molecular weight is 1490 g/mol. The SMILES string of the molecule is CCCCCCCCCCCCCCCCCCCCCCC(=O)O[C@H](COC(=O)CCCCCCCCCCCCCCCCC(C)C)COP(=O)(O)OC[C@@H](O)COP(=O)(O)OC[C@@H](COC(=O)CCCCCCCCC(C)CC)OC(=O)CCCCCCCCCCCCCCC(C)C. The van der Waals surface area contributed by atoms with Crippen molar-refractivity contribution in [3.05, 3.63) is 0 Å². The van der Waals surface area contributed by atoms with Crippen LogP contribution in [0.4, 0.5) is 0 Å². The van der Waals surface area contributed by atoms with Crippen LogP contribution in [0.3, 0.4) is 0 Å². The summed E-state index contributed by atoms with van der Waals surface area (Å²) >= 11 is 0. The first-order chi connectivity index (χ1) is 49.3. The zero-order valence-electron chi connectivity index (χ0n) is 67.1. The fourth-order valence-corrected chi connectivity index (χ4v) is 14.4. The predicted octanol–water partition coefficient (Wildman–Crippen LogP) is 24.9. The molecule has 0 aromatic heterocycles. The molecule has 0 aliphatic rings. The van der Waals surface area contributed by atoms with Crippen molar-refractivity contribution in [3.8, 4) is 0 Å². The van der Waals surface area contributed by atoms with Crippen molar-refractivity contribution >= 4 is 39.5 Å². The summed E-state index contributed by atoms with van der Waals surface area (Å²) < 4.78 is 68.8. The van der Waals surface area contributed by atoms with Gasteiger partial charge in [0.15, 0.2) is 12.2 Å². The first-order valence-corrected chi connectivity index (χ1v) is 45.9. The molecule has 0 saturated heterocycles. The normalized spacial score (nSPS) is 14.2. The maximum absolute atomic E-state index is 13.1. The van der Waals surface area contributed by atoms with Crippen LogP contribution in [0, 0.1) is 17.8 Å². The zero-order chi connectivity index (χ0) is 75.1. The quantitative estimate of drug-likeness (QED) is 0.0222. The van der Waals surface area contributed by atoms with Crippen molar-refractivity contribution in [1.82, 2.24) is 0 Å². The molecule has 0 aliphatic carbocycles. The van der Waals surface area contributed by atoms with E-state index in [9.17, 15) is 43.2 Å². The van der Waals surface area contributed by atoms with Gasteiger partial charge >= 0.3 is 39.5 Å². The first kappa shape index (κ1) is 100. The summed E-state index contributed by atoms with van der Waals surface area (Å²) in [5, 5.41) is 10.7. The number of aliphatic hydroxyl groups is 1. The zero-order valence-corrected chi connectivity index (χ0v) is 68.9. The van der Waals surface area contributed by atoms with Crippen molar-refractivity contribution in [3.63, 3.8) is 0 Å². The van der Waals surface area contributed by atoms with Crippen molar-refractivity contribution in [2.75, 3.05) is 39.6 Å². The number of rotatable bonds is 81. The van der Waals surface area contributed by atoms with Crippen LogP contribution in [-0.2, 0) is 65.4 Å². The number of phosphoric acid groups is 2. The largest absolute Gasteiger partial charge is 0.472 e. The molecule has 0 amide bonds. The van der Waals surface area contributed by atoms with E-state index in [0.29, 0.717) is 25.7 Å². The highest BCUT2D eigenvalue weighted by molar-refractivity contribution is 7.47. The topological polar surface area (TPSA) is 237 Å².